The van der Waals surface area contributed by atoms with Gasteiger partial charge in [-0.3, -0.25) is 0 Å². The molecule has 0 aliphatic rings. The molecule has 3 N–H and O–H groups in total. The summed E-state index contributed by atoms with van der Waals surface area (Å²) in [6.45, 7) is 0.833. The molecule has 0 aromatic heterocycles. The minimum atomic E-state index is -0.481. The highest BCUT2D eigenvalue weighted by Crippen LogP contribution is 2.09. The fraction of sp³-hybridized carbons (Fsp3) is 0.211. The van der Waals surface area contributed by atoms with Crippen molar-refractivity contribution >= 4 is 6.09 Å². The summed E-state index contributed by atoms with van der Waals surface area (Å²) >= 11 is 0. The number of amides is 1. The molecular weight excluding hydrogens is 307 g/mol. The Morgan fingerprint density at radius 3 is 2.75 bits per heavy atom. The van der Waals surface area contributed by atoms with Crippen molar-refractivity contribution in [2.75, 3.05) is 6.54 Å². The Balaban J connectivity index is 1.72. The first-order chi connectivity index (χ1) is 11.7. The molecular formula is C19H19FN2O2. The molecule has 2 aromatic carbocycles. The van der Waals surface area contributed by atoms with Crippen molar-refractivity contribution in [3.8, 4) is 11.8 Å². The van der Waals surface area contributed by atoms with E-state index in [1.54, 1.807) is 6.07 Å². The van der Waals surface area contributed by atoms with Crippen LogP contribution < -0.4 is 11.1 Å². The lowest BCUT2D eigenvalue weighted by atomic mass is 10.1. The van der Waals surface area contributed by atoms with Crippen molar-refractivity contribution in [2.45, 2.75) is 19.6 Å². The first kappa shape index (κ1) is 17.5. The molecule has 0 saturated carbocycles. The molecule has 124 valence electrons. The fourth-order valence-corrected chi connectivity index (χ4v) is 2.01. The fourth-order valence-electron chi connectivity index (χ4n) is 2.01. The average Bonchev–Trinajstić information content (AvgIpc) is 2.61. The van der Waals surface area contributed by atoms with Gasteiger partial charge in [0, 0.05) is 25.1 Å². The van der Waals surface area contributed by atoms with Gasteiger partial charge in [-0.15, -0.1) is 0 Å². The number of carbonyl (C=O) groups is 1. The van der Waals surface area contributed by atoms with E-state index in [-0.39, 0.29) is 19.0 Å². The Morgan fingerprint density at radius 2 is 2.00 bits per heavy atom. The summed E-state index contributed by atoms with van der Waals surface area (Å²) in [5, 5.41) is 2.63. The molecule has 1 amide bonds. The summed E-state index contributed by atoms with van der Waals surface area (Å²) in [4.78, 5) is 11.5. The van der Waals surface area contributed by atoms with Gasteiger partial charge in [0.25, 0.3) is 0 Å². The van der Waals surface area contributed by atoms with Crippen LogP contribution in [0, 0.1) is 17.7 Å². The predicted octanol–water partition coefficient (Wildman–Crippen LogP) is 2.95. The zero-order valence-corrected chi connectivity index (χ0v) is 13.2. The van der Waals surface area contributed by atoms with Crippen LogP contribution in [0.1, 0.15) is 23.1 Å². The highest BCUT2D eigenvalue weighted by atomic mass is 19.1. The number of nitrogens with two attached hydrogens (primary N) is 1. The van der Waals surface area contributed by atoms with E-state index in [2.05, 4.69) is 17.2 Å². The number of hydrogen-bond donors (Lipinski definition) is 2. The van der Waals surface area contributed by atoms with Crippen molar-refractivity contribution in [2.24, 2.45) is 5.73 Å². The minimum absolute atomic E-state index is 0.228. The topological polar surface area (TPSA) is 64.3 Å². The van der Waals surface area contributed by atoms with Crippen molar-refractivity contribution < 1.29 is 13.9 Å². The van der Waals surface area contributed by atoms with Crippen molar-refractivity contribution in [3.63, 3.8) is 0 Å². The number of hydrogen-bond acceptors (Lipinski definition) is 3. The van der Waals surface area contributed by atoms with Gasteiger partial charge in [-0.1, -0.05) is 42.2 Å². The molecule has 5 heteroatoms. The molecule has 2 aromatic rings. The maximum atomic E-state index is 13.1. The van der Waals surface area contributed by atoms with E-state index in [9.17, 15) is 9.18 Å². The van der Waals surface area contributed by atoms with Crippen LogP contribution in [0.5, 0.6) is 0 Å². The molecule has 0 aliphatic carbocycles. The van der Waals surface area contributed by atoms with Gasteiger partial charge in [-0.05, 0) is 29.3 Å². The lowest BCUT2D eigenvalue weighted by Gasteiger charge is -2.05. The van der Waals surface area contributed by atoms with Gasteiger partial charge in [0.2, 0.25) is 0 Å². The van der Waals surface area contributed by atoms with E-state index in [4.69, 9.17) is 10.5 Å². The van der Waals surface area contributed by atoms with Gasteiger partial charge in [0.15, 0.2) is 0 Å². The first-order valence-electron chi connectivity index (χ1n) is 7.61. The summed E-state index contributed by atoms with van der Waals surface area (Å²) in [5.41, 5.74) is 7.86. The van der Waals surface area contributed by atoms with E-state index in [1.807, 2.05) is 30.3 Å². The Bertz CT molecular complexity index is 736. The molecule has 0 atom stereocenters. The Kier molecular flexibility index (Phi) is 6.81. The third-order valence-electron chi connectivity index (χ3n) is 3.24. The van der Waals surface area contributed by atoms with Crippen molar-refractivity contribution in [3.05, 3.63) is 71.0 Å². The number of halogens is 1. The van der Waals surface area contributed by atoms with Crippen LogP contribution in [0.4, 0.5) is 9.18 Å². The van der Waals surface area contributed by atoms with E-state index in [1.165, 1.54) is 12.1 Å². The van der Waals surface area contributed by atoms with Crippen LogP contribution >= 0.6 is 0 Å². The summed E-state index contributed by atoms with van der Waals surface area (Å²) < 4.78 is 18.2. The molecule has 24 heavy (non-hydrogen) atoms. The second-order valence-corrected chi connectivity index (χ2v) is 5.05. The first-order valence-corrected chi connectivity index (χ1v) is 7.61. The van der Waals surface area contributed by atoms with Crippen molar-refractivity contribution in [1.82, 2.24) is 5.32 Å². The molecule has 0 unspecified atom stereocenters. The quantitative estimate of drug-likeness (QED) is 0.656. The molecule has 0 aliphatic heterocycles. The Hall–Kier alpha value is -2.84. The second kappa shape index (κ2) is 9.33. The summed E-state index contributed by atoms with van der Waals surface area (Å²) in [7, 11) is 0. The molecule has 0 spiro atoms. The van der Waals surface area contributed by atoms with Crippen LogP contribution in [-0.4, -0.2) is 12.6 Å². The van der Waals surface area contributed by atoms with Gasteiger partial charge >= 0.3 is 6.09 Å². The van der Waals surface area contributed by atoms with Crippen LogP contribution in [0.25, 0.3) is 0 Å². The smallest absolute Gasteiger partial charge is 0.407 e. The molecule has 0 heterocycles. The zero-order valence-electron chi connectivity index (χ0n) is 13.2. The lowest BCUT2D eigenvalue weighted by molar-refractivity contribution is 0.140. The van der Waals surface area contributed by atoms with E-state index < -0.39 is 6.09 Å². The van der Waals surface area contributed by atoms with Gasteiger partial charge in [-0.25, -0.2) is 9.18 Å². The zero-order chi connectivity index (χ0) is 17.2. The lowest BCUT2D eigenvalue weighted by Crippen LogP contribution is -2.24. The van der Waals surface area contributed by atoms with Crippen LogP contribution in [0.2, 0.25) is 0 Å². The van der Waals surface area contributed by atoms with Crippen LogP contribution in [-0.2, 0) is 17.9 Å². The highest BCUT2D eigenvalue weighted by molar-refractivity contribution is 5.67. The predicted molar refractivity (Wildman–Crippen MR) is 90.4 cm³/mol. The average molecular weight is 326 g/mol. The maximum Gasteiger partial charge on any atom is 0.407 e. The van der Waals surface area contributed by atoms with E-state index >= 15 is 0 Å². The molecule has 4 nitrogen and oxygen atoms in total. The minimum Gasteiger partial charge on any atom is -0.445 e. The third kappa shape index (κ3) is 5.75. The molecule has 0 bridgehead atoms. The Labute approximate surface area is 140 Å². The number of benzene rings is 2. The molecule has 0 radical (unpaired) electrons. The summed E-state index contributed by atoms with van der Waals surface area (Å²) in [6, 6.07) is 13.8. The SMILES string of the molecule is NCc1cc(F)ccc1C#CCCNC(=O)OCc1ccccc1. The summed E-state index contributed by atoms with van der Waals surface area (Å²) in [5.74, 6) is 5.53. The van der Waals surface area contributed by atoms with Gasteiger partial charge in [-0.2, -0.15) is 0 Å². The standard InChI is InChI=1S/C19H19FN2O2/c20-18-10-9-16(17(12-18)13-21)8-4-5-11-22-19(23)24-14-15-6-2-1-3-7-15/h1-3,6-7,9-10,12H,5,11,13-14,21H2,(H,22,23). The van der Waals surface area contributed by atoms with Crippen LogP contribution in [0.3, 0.4) is 0 Å². The largest absolute Gasteiger partial charge is 0.445 e. The van der Waals surface area contributed by atoms with Gasteiger partial charge in [0.1, 0.15) is 12.4 Å². The molecule has 0 fully saturated rings. The number of ether oxygens (including phenoxy) is 1. The number of carbonyl (C=O) groups excluding carboxylic acids is 1. The highest BCUT2D eigenvalue weighted by Gasteiger charge is 2.01. The van der Waals surface area contributed by atoms with Crippen molar-refractivity contribution in [1.29, 1.82) is 0 Å². The molecule has 2 rings (SSSR count). The Morgan fingerprint density at radius 1 is 1.21 bits per heavy atom. The van der Waals surface area contributed by atoms with Crippen LogP contribution in [0.15, 0.2) is 48.5 Å². The normalized spacial score (nSPS) is 9.75. The molecule has 0 saturated heterocycles. The number of rotatable bonds is 5. The maximum absolute atomic E-state index is 13.1. The van der Waals surface area contributed by atoms with E-state index in [0.29, 0.717) is 24.1 Å². The second-order valence-electron chi connectivity index (χ2n) is 5.05. The van der Waals surface area contributed by atoms with E-state index in [0.717, 1.165) is 5.56 Å². The number of alkyl carbamates (subject to hydrolysis) is 1. The summed E-state index contributed by atoms with van der Waals surface area (Å²) in [6.07, 6.45) is -0.0213. The third-order valence-corrected chi connectivity index (χ3v) is 3.24. The number of nitrogens with one attached hydrogen (secondary N) is 1. The van der Waals surface area contributed by atoms with Gasteiger partial charge in [0.05, 0.1) is 0 Å². The van der Waals surface area contributed by atoms with Gasteiger partial charge < -0.3 is 15.8 Å². The monoisotopic (exact) mass is 326 g/mol.